The highest BCUT2D eigenvalue weighted by Crippen LogP contribution is 2.43. The molecule has 0 bridgehead atoms. The molecule has 0 aliphatic rings. The monoisotopic (exact) mass is 542 g/mol. The van der Waals surface area contributed by atoms with Crippen molar-refractivity contribution in [1.29, 1.82) is 0 Å². The maximum absolute atomic E-state index is 7.16. The Morgan fingerprint density at radius 1 is 0.658 bits per heavy atom. The van der Waals surface area contributed by atoms with Gasteiger partial charge < -0.3 is 18.6 Å². The van der Waals surface area contributed by atoms with Crippen LogP contribution < -0.4 is 4.74 Å². The summed E-state index contributed by atoms with van der Waals surface area (Å²) in [5, 5.41) is 0. The lowest BCUT2D eigenvalue weighted by atomic mass is 9.91. The molecule has 0 aromatic heterocycles. The highest BCUT2D eigenvalue weighted by Gasteiger charge is 2.46. The molecule has 0 unspecified atom stereocenters. The third-order valence-electron chi connectivity index (χ3n) is 7.82. The summed E-state index contributed by atoms with van der Waals surface area (Å²) in [6, 6.07) is 18.8. The zero-order valence-corrected chi connectivity index (χ0v) is 26.7. The molecular formula is C33H54O4Si. The first-order valence-electron chi connectivity index (χ1n) is 14.5. The molecule has 5 heteroatoms. The summed E-state index contributed by atoms with van der Waals surface area (Å²) in [5.74, 6) is 1.48. The van der Waals surface area contributed by atoms with E-state index in [1.54, 1.807) is 7.11 Å². The number of benzene rings is 2. The molecule has 0 fully saturated rings. The van der Waals surface area contributed by atoms with Gasteiger partial charge in [-0.15, -0.1) is 0 Å². The number of hydrogen-bond donors (Lipinski definition) is 0. The maximum atomic E-state index is 7.16. The van der Waals surface area contributed by atoms with Crippen LogP contribution in [0.3, 0.4) is 0 Å². The van der Waals surface area contributed by atoms with Crippen LogP contribution in [0.4, 0.5) is 0 Å². The summed E-state index contributed by atoms with van der Waals surface area (Å²) in [4.78, 5) is 0. The van der Waals surface area contributed by atoms with Crippen molar-refractivity contribution in [1.82, 2.24) is 0 Å². The van der Waals surface area contributed by atoms with Crippen molar-refractivity contribution in [2.45, 2.75) is 104 Å². The number of methoxy groups -OCH3 is 1. The molecule has 38 heavy (non-hydrogen) atoms. The summed E-state index contributed by atoms with van der Waals surface area (Å²) < 4.78 is 25.6. The van der Waals surface area contributed by atoms with Gasteiger partial charge in [0.15, 0.2) is 8.32 Å². The zero-order valence-electron chi connectivity index (χ0n) is 25.7. The van der Waals surface area contributed by atoms with Gasteiger partial charge in [0.2, 0.25) is 0 Å². The van der Waals surface area contributed by atoms with E-state index in [0.29, 0.717) is 42.4 Å². The van der Waals surface area contributed by atoms with Crippen LogP contribution in [0.25, 0.3) is 0 Å². The van der Waals surface area contributed by atoms with E-state index in [-0.39, 0.29) is 18.1 Å². The van der Waals surface area contributed by atoms with Gasteiger partial charge in [0.25, 0.3) is 0 Å². The van der Waals surface area contributed by atoms with Crippen LogP contribution in [0.1, 0.15) is 73.4 Å². The van der Waals surface area contributed by atoms with Gasteiger partial charge in [0, 0.05) is 19.1 Å². The average molecular weight is 543 g/mol. The second-order valence-corrected chi connectivity index (χ2v) is 17.6. The molecule has 0 amide bonds. The zero-order chi connectivity index (χ0) is 28.3. The van der Waals surface area contributed by atoms with Crippen LogP contribution in [0.15, 0.2) is 54.6 Å². The van der Waals surface area contributed by atoms with E-state index in [9.17, 15) is 0 Å². The third kappa shape index (κ3) is 9.22. The normalized spacial score (nSPS) is 14.9. The quantitative estimate of drug-likeness (QED) is 0.187. The number of hydrogen-bond acceptors (Lipinski definition) is 4. The fourth-order valence-corrected chi connectivity index (χ4v) is 11.4. The lowest BCUT2D eigenvalue weighted by molar-refractivity contribution is -0.108. The summed E-state index contributed by atoms with van der Waals surface area (Å²) in [6.07, 6.45) is 0.744. The van der Waals surface area contributed by atoms with Crippen molar-refractivity contribution < 1.29 is 18.6 Å². The fourth-order valence-electron chi connectivity index (χ4n) is 5.94. The molecule has 4 nitrogen and oxygen atoms in total. The van der Waals surface area contributed by atoms with E-state index in [4.69, 9.17) is 18.6 Å². The molecule has 0 aliphatic carbocycles. The van der Waals surface area contributed by atoms with Gasteiger partial charge >= 0.3 is 0 Å². The molecule has 2 aromatic carbocycles. The van der Waals surface area contributed by atoms with E-state index in [0.717, 1.165) is 17.7 Å². The molecule has 0 saturated carbocycles. The van der Waals surface area contributed by atoms with Crippen molar-refractivity contribution in [3.05, 3.63) is 65.7 Å². The first-order chi connectivity index (χ1) is 18.0. The van der Waals surface area contributed by atoms with Crippen molar-refractivity contribution in [3.63, 3.8) is 0 Å². The van der Waals surface area contributed by atoms with Crippen LogP contribution in [0.2, 0.25) is 16.6 Å². The minimum absolute atomic E-state index is 0.0750. The van der Waals surface area contributed by atoms with Gasteiger partial charge in [-0.3, -0.25) is 0 Å². The predicted molar refractivity (Wildman–Crippen MR) is 162 cm³/mol. The second-order valence-electron chi connectivity index (χ2n) is 12.1. The largest absolute Gasteiger partial charge is 0.497 e. The first kappa shape index (κ1) is 32.5. The maximum Gasteiger partial charge on any atom is 0.200 e. The number of ether oxygens (including phenoxy) is 3. The van der Waals surface area contributed by atoms with E-state index in [1.165, 1.54) is 5.56 Å². The van der Waals surface area contributed by atoms with Gasteiger partial charge in [0.05, 0.1) is 25.9 Å². The first-order valence-corrected chi connectivity index (χ1v) is 16.7. The molecule has 0 spiro atoms. The molecule has 2 rings (SSSR count). The summed E-state index contributed by atoms with van der Waals surface area (Å²) in [7, 11) is -0.332. The Bertz CT molecular complexity index is 873. The SMILES string of the molecule is COc1ccc(CO[C@@H](C)[C@H](OCC(C)C)[C@H](CO[Si](C(C)C)(C(C)C)C(C)C)Cc2ccccc2)cc1. The highest BCUT2D eigenvalue weighted by molar-refractivity contribution is 6.77. The Balaban J connectivity index is 2.33. The van der Waals surface area contributed by atoms with Crippen LogP contribution in [0.5, 0.6) is 5.75 Å². The Morgan fingerprint density at radius 2 is 1.24 bits per heavy atom. The Labute approximate surface area is 234 Å². The Hall–Kier alpha value is -1.66. The summed E-state index contributed by atoms with van der Waals surface area (Å²) in [5.41, 5.74) is 4.06. The van der Waals surface area contributed by atoms with Crippen LogP contribution in [-0.2, 0) is 26.9 Å². The molecule has 0 aliphatic heterocycles. The van der Waals surface area contributed by atoms with Crippen molar-refractivity contribution >= 4 is 8.32 Å². The van der Waals surface area contributed by atoms with E-state index < -0.39 is 8.32 Å². The van der Waals surface area contributed by atoms with Gasteiger partial charge in [-0.25, -0.2) is 0 Å². The molecule has 0 radical (unpaired) electrons. The van der Waals surface area contributed by atoms with Crippen molar-refractivity contribution in [3.8, 4) is 5.75 Å². The highest BCUT2D eigenvalue weighted by atomic mass is 28.4. The minimum atomic E-state index is -2.02. The second kappa shape index (κ2) is 15.8. The lowest BCUT2D eigenvalue weighted by Gasteiger charge is -2.44. The van der Waals surface area contributed by atoms with E-state index in [2.05, 4.69) is 105 Å². The molecule has 3 atom stereocenters. The van der Waals surface area contributed by atoms with E-state index in [1.807, 2.05) is 12.1 Å². The lowest BCUT2D eigenvalue weighted by Crippen LogP contribution is -2.50. The number of rotatable bonds is 17. The molecule has 0 heterocycles. The van der Waals surface area contributed by atoms with Crippen LogP contribution >= 0.6 is 0 Å². The molecule has 2 aromatic rings. The minimum Gasteiger partial charge on any atom is -0.497 e. The summed E-state index contributed by atoms with van der Waals surface area (Å²) >= 11 is 0. The average Bonchev–Trinajstić information content (AvgIpc) is 2.87. The Morgan fingerprint density at radius 3 is 1.74 bits per heavy atom. The van der Waals surface area contributed by atoms with Crippen LogP contribution in [-0.4, -0.2) is 40.8 Å². The fraction of sp³-hybridized carbons (Fsp3) is 0.636. The Kier molecular flexibility index (Phi) is 13.5. The smallest absolute Gasteiger partial charge is 0.200 e. The molecule has 214 valence electrons. The molecular weight excluding hydrogens is 488 g/mol. The van der Waals surface area contributed by atoms with Gasteiger partial charge in [-0.2, -0.15) is 0 Å². The van der Waals surface area contributed by atoms with Crippen LogP contribution in [0, 0.1) is 11.8 Å². The third-order valence-corrected chi connectivity index (χ3v) is 13.9. The molecule has 0 N–H and O–H groups in total. The standard InChI is InChI=1S/C33H54O4Si/c1-24(2)21-36-33(28(9)35-22-30-16-18-32(34-10)19-17-30)31(20-29-14-12-11-13-15-29)23-37-38(25(3)4,26(5)6)27(7)8/h11-19,24-28,31,33H,20-23H2,1-10H3/t28-,31-,33-/m0/s1. The van der Waals surface area contributed by atoms with Crippen molar-refractivity contribution in [2.24, 2.45) is 11.8 Å². The van der Waals surface area contributed by atoms with Gasteiger partial charge in [-0.05, 0) is 59.1 Å². The predicted octanol–water partition coefficient (Wildman–Crippen LogP) is 8.69. The van der Waals surface area contributed by atoms with Gasteiger partial charge in [0.1, 0.15) is 5.75 Å². The summed E-state index contributed by atoms with van der Waals surface area (Å²) in [6.45, 7) is 22.6. The van der Waals surface area contributed by atoms with E-state index >= 15 is 0 Å². The van der Waals surface area contributed by atoms with Crippen molar-refractivity contribution in [2.75, 3.05) is 20.3 Å². The molecule has 0 saturated heterocycles. The van der Waals surface area contributed by atoms with Gasteiger partial charge in [-0.1, -0.05) is 97.9 Å². The topological polar surface area (TPSA) is 36.9 Å².